The number of esters is 2. The van der Waals surface area contributed by atoms with Crippen LogP contribution >= 0.6 is 0 Å². The Kier molecular flexibility index (Phi) is 6.78. The monoisotopic (exact) mass is 364 g/mol. The molecule has 1 aliphatic heterocycles. The van der Waals surface area contributed by atoms with Crippen LogP contribution in [0.2, 0.25) is 0 Å². The molecule has 0 bridgehead atoms. The molecule has 0 aliphatic carbocycles. The van der Waals surface area contributed by atoms with Crippen molar-refractivity contribution in [2.24, 2.45) is 11.8 Å². The molecule has 0 unspecified atom stereocenters. The maximum atomic E-state index is 12.1. The normalized spacial score (nSPS) is 18.9. The molecular weight excluding hydrogens is 336 g/mol. The number of carbonyl (C=O) groups excluding carboxylic acids is 2. The predicted octanol–water partition coefficient (Wildman–Crippen LogP) is 3.21. The summed E-state index contributed by atoms with van der Waals surface area (Å²) in [5.74, 6) is -0.0827. The number of epoxide rings is 1. The fourth-order valence-electron chi connectivity index (χ4n) is 2.38. The molecule has 0 spiro atoms. The molecule has 2 rings (SSSR count). The van der Waals surface area contributed by atoms with Gasteiger partial charge in [-0.1, -0.05) is 39.8 Å². The summed E-state index contributed by atoms with van der Waals surface area (Å²) in [6, 6.07) is 5.57. The van der Waals surface area contributed by atoms with Gasteiger partial charge in [-0.3, -0.25) is 9.59 Å². The molecule has 0 amide bonds. The lowest BCUT2D eigenvalue weighted by Crippen LogP contribution is -2.22. The Labute approximate surface area is 154 Å². The molecule has 6 nitrogen and oxygen atoms in total. The molecule has 1 heterocycles. The van der Waals surface area contributed by atoms with Gasteiger partial charge in [0.2, 0.25) is 0 Å². The molecule has 1 aliphatic rings. The molecule has 1 aromatic rings. The minimum absolute atomic E-state index is 0.0950. The molecule has 26 heavy (non-hydrogen) atoms. The summed E-state index contributed by atoms with van der Waals surface area (Å²) in [5.41, 5.74) is 0.875. The number of rotatable bonds is 9. The van der Waals surface area contributed by atoms with E-state index in [-0.39, 0.29) is 24.5 Å². The molecule has 6 heteroatoms. The summed E-state index contributed by atoms with van der Waals surface area (Å²) in [7, 11) is 0. The SMILES string of the molecule is CC(=O)OC[C@]1(c2ccc(COCC(C)C)cc2OC(=O)C(C)C)CO1. The van der Waals surface area contributed by atoms with Gasteiger partial charge < -0.3 is 18.9 Å². The van der Waals surface area contributed by atoms with Gasteiger partial charge in [-0.05, 0) is 17.5 Å². The number of hydrogen-bond acceptors (Lipinski definition) is 6. The van der Waals surface area contributed by atoms with E-state index in [1.807, 2.05) is 12.1 Å². The summed E-state index contributed by atoms with van der Waals surface area (Å²) in [6.07, 6.45) is 0. The molecule has 0 N–H and O–H groups in total. The van der Waals surface area contributed by atoms with Crippen molar-refractivity contribution < 1.29 is 28.5 Å². The van der Waals surface area contributed by atoms with Crippen LogP contribution in [0.15, 0.2) is 18.2 Å². The maximum Gasteiger partial charge on any atom is 0.313 e. The summed E-state index contributed by atoms with van der Waals surface area (Å²) in [5, 5.41) is 0. The Hall–Kier alpha value is -1.92. The highest BCUT2D eigenvalue weighted by Crippen LogP contribution is 2.44. The number of hydrogen-bond donors (Lipinski definition) is 0. The van der Waals surface area contributed by atoms with Gasteiger partial charge in [-0.2, -0.15) is 0 Å². The highest BCUT2D eigenvalue weighted by molar-refractivity contribution is 5.75. The van der Waals surface area contributed by atoms with Crippen LogP contribution in [-0.2, 0) is 36.0 Å². The third-order valence-electron chi connectivity index (χ3n) is 3.94. The average molecular weight is 364 g/mol. The first-order chi connectivity index (χ1) is 12.2. The summed E-state index contributed by atoms with van der Waals surface area (Å²) >= 11 is 0. The Morgan fingerprint density at radius 3 is 2.46 bits per heavy atom. The van der Waals surface area contributed by atoms with E-state index in [9.17, 15) is 9.59 Å². The molecule has 0 aromatic heterocycles. The predicted molar refractivity (Wildman–Crippen MR) is 95.7 cm³/mol. The first-order valence-corrected chi connectivity index (χ1v) is 8.93. The van der Waals surface area contributed by atoms with Gasteiger partial charge in [0.05, 0.1) is 19.1 Å². The van der Waals surface area contributed by atoms with Gasteiger partial charge in [0.25, 0.3) is 0 Å². The van der Waals surface area contributed by atoms with Crippen molar-refractivity contribution in [1.82, 2.24) is 0 Å². The van der Waals surface area contributed by atoms with Crippen LogP contribution in [0.4, 0.5) is 0 Å². The molecule has 0 saturated carbocycles. The second kappa shape index (κ2) is 8.64. The van der Waals surface area contributed by atoms with E-state index < -0.39 is 5.60 Å². The smallest absolute Gasteiger partial charge is 0.313 e. The van der Waals surface area contributed by atoms with E-state index in [0.29, 0.717) is 37.1 Å². The van der Waals surface area contributed by atoms with Crippen LogP contribution in [0.1, 0.15) is 45.7 Å². The van der Waals surface area contributed by atoms with Crippen molar-refractivity contribution in [2.45, 2.75) is 46.8 Å². The van der Waals surface area contributed by atoms with Gasteiger partial charge in [0.15, 0.2) is 5.60 Å². The van der Waals surface area contributed by atoms with Gasteiger partial charge >= 0.3 is 11.9 Å². The van der Waals surface area contributed by atoms with Crippen molar-refractivity contribution in [1.29, 1.82) is 0 Å². The fourth-order valence-corrected chi connectivity index (χ4v) is 2.38. The maximum absolute atomic E-state index is 12.1. The summed E-state index contributed by atoms with van der Waals surface area (Å²) in [6.45, 7) is 10.7. The quantitative estimate of drug-likeness (QED) is 0.380. The van der Waals surface area contributed by atoms with E-state index in [0.717, 1.165) is 5.56 Å². The Balaban J connectivity index is 2.22. The second-order valence-electron chi connectivity index (χ2n) is 7.38. The third-order valence-corrected chi connectivity index (χ3v) is 3.94. The third kappa shape index (κ3) is 5.54. The van der Waals surface area contributed by atoms with E-state index in [4.69, 9.17) is 18.9 Å². The lowest BCUT2D eigenvalue weighted by Gasteiger charge is -2.18. The van der Waals surface area contributed by atoms with E-state index >= 15 is 0 Å². The van der Waals surface area contributed by atoms with E-state index in [1.54, 1.807) is 19.9 Å². The van der Waals surface area contributed by atoms with E-state index in [1.165, 1.54) is 6.92 Å². The molecule has 0 radical (unpaired) electrons. The molecule has 1 saturated heterocycles. The van der Waals surface area contributed by atoms with E-state index in [2.05, 4.69) is 13.8 Å². The Morgan fingerprint density at radius 2 is 1.92 bits per heavy atom. The first-order valence-electron chi connectivity index (χ1n) is 8.93. The van der Waals surface area contributed by atoms with Crippen molar-refractivity contribution in [3.05, 3.63) is 29.3 Å². The zero-order valence-electron chi connectivity index (χ0n) is 16.2. The molecular formula is C20H28O6. The second-order valence-corrected chi connectivity index (χ2v) is 7.38. The lowest BCUT2D eigenvalue weighted by molar-refractivity contribution is -0.143. The van der Waals surface area contributed by atoms with Gasteiger partial charge in [-0.15, -0.1) is 0 Å². The number of ether oxygens (including phenoxy) is 4. The number of benzene rings is 1. The van der Waals surface area contributed by atoms with Crippen LogP contribution in [0.5, 0.6) is 5.75 Å². The fraction of sp³-hybridized carbons (Fsp3) is 0.600. The average Bonchev–Trinajstić information content (AvgIpc) is 3.33. The Morgan fingerprint density at radius 1 is 1.23 bits per heavy atom. The van der Waals surface area contributed by atoms with Gasteiger partial charge in [0, 0.05) is 19.1 Å². The standard InChI is InChI=1S/C20H28O6/c1-13(2)9-23-10-16-6-7-17(18(8-16)26-19(22)14(3)4)20(12-25-20)11-24-15(5)21/h6-8,13-14H,9-12H2,1-5H3/t20-/m1/s1. The molecule has 1 atom stereocenters. The van der Waals surface area contributed by atoms with Crippen LogP contribution < -0.4 is 4.74 Å². The van der Waals surface area contributed by atoms with Gasteiger partial charge in [0.1, 0.15) is 12.4 Å². The molecule has 1 aromatic carbocycles. The molecule has 1 fully saturated rings. The van der Waals surface area contributed by atoms with Gasteiger partial charge in [-0.25, -0.2) is 0 Å². The van der Waals surface area contributed by atoms with Crippen molar-refractivity contribution in [3.63, 3.8) is 0 Å². The highest BCUT2D eigenvalue weighted by atomic mass is 16.6. The van der Waals surface area contributed by atoms with Crippen LogP contribution in [0.3, 0.4) is 0 Å². The zero-order valence-corrected chi connectivity index (χ0v) is 16.2. The van der Waals surface area contributed by atoms with Crippen molar-refractivity contribution >= 4 is 11.9 Å². The summed E-state index contributed by atoms with van der Waals surface area (Å²) < 4.78 is 22.0. The first kappa shape index (κ1) is 20.4. The lowest BCUT2D eigenvalue weighted by atomic mass is 9.98. The van der Waals surface area contributed by atoms with Crippen LogP contribution in [0, 0.1) is 11.8 Å². The van der Waals surface area contributed by atoms with Crippen LogP contribution in [-0.4, -0.2) is 31.8 Å². The highest BCUT2D eigenvalue weighted by Gasteiger charge is 2.50. The topological polar surface area (TPSA) is 74.4 Å². The number of carbonyl (C=O) groups is 2. The zero-order chi connectivity index (χ0) is 19.3. The minimum atomic E-state index is -0.740. The largest absolute Gasteiger partial charge is 0.462 e. The summed E-state index contributed by atoms with van der Waals surface area (Å²) in [4.78, 5) is 23.3. The minimum Gasteiger partial charge on any atom is -0.462 e. The Bertz CT molecular complexity index is 646. The molecule has 144 valence electrons. The van der Waals surface area contributed by atoms with Crippen molar-refractivity contribution in [3.8, 4) is 5.75 Å². The van der Waals surface area contributed by atoms with Crippen molar-refractivity contribution in [2.75, 3.05) is 19.8 Å². The van der Waals surface area contributed by atoms with Crippen LogP contribution in [0.25, 0.3) is 0 Å².